The lowest BCUT2D eigenvalue weighted by molar-refractivity contribution is 0.0692. The van der Waals surface area contributed by atoms with Crippen molar-refractivity contribution in [3.8, 4) is 5.75 Å². The van der Waals surface area contributed by atoms with Crippen molar-refractivity contribution < 1.29 is 22.3 Å². The fourth-order valence-corrected chi connectivity index (χ4v) is 5.37. The fraction of sp³-hybridized carbons (Fsp3) is 0.480. The van der Waals surface area contributed by atoms with Crippen molar-refractivity contribution in [1.82, 2.24) is 9.80 Å². The van der Waals surface area contributed by atoms with Crippen molar-refractivity contribution in [2.75, 3.05) is 25.9 Å². The number of carbonyl (C=O) groups excluding carboxylic acids is 1. The first-order chi connectivity index (χ1) is 15.7. The van der Waals surface area contributed by atoms with E-state index >= 15 is 0 Å². The average molecular weight is 475 g/mol. The van der Waals surface area contributed by atoms with Gasteiger partial charge in [0.05, 0.1) is 10.5 Å². The Balaban J connectivity index is 1.39. The second kappa shape index (κ2) is 9.81. The molecule has 0 aromatic heterocycles. The van der Waals surface area contributed by atoms with Gasteiger partial charge in [0.15, 0.2) is 9.84 Å². The van der Waals surface area contributed by atoms with Crippen LogP contribution in [0, 0.1) is 5.82 Å². The number of ether oxygens (including phenoxy) is 1. The van der Waals surface area contributed by atoms with Crippen LogP contribution in [-0.2, 0) is 16.4 Å². The molecule has 2 atom stereocenters. The molecule has 1 amide bonds. The van der Waals surface area contributed by atoms with Gasteiger partial charge in [-0.15, -0.1) is 0 Å². The number of amides is 1. The highest BCUT2D eigenvalue weighted by Crippen LogP contribution is 2.26. The van der Waals surface area contributed by atoms with Crippen molar-refractivity contribution in [3.63, 3.8) is 0 Å². The highest BCUT2D eigenvalue weighted by Gasteiger charge is 2.33. The summed E-state index contributed by atoms with van der Waals surface area (Å²) in [4.78, 5) is 17.6. The number of benzene rings is 2. The summed E-state index contributed by atoms with van der Waals surface area (Å²) in [6, 6.07) is 11.4. The molecule has 0 N–H and O–H groups in total. The normalized spacial score (nSPS) is 21.5. The number of carbonyl (C=O) groups is 1. The molecule has 4 rings (SSSR count). The smallest absolute Gasteiger partial charge is 0.257 e. The fourth-order valence-electron chi connectivity index (χ4n) is 4.74. The number of hydrogen-bond acceptors (Lipinski definition) is 5. The quantitative estimate of drug-likeness (QED) is 0.609. The third-order valence-corrected chi connectivity index (χ3v) is 7.83. The Hall–Kier alpha value is -2.45. The zero-order valence-corrected chi connectivity index (χ0v) is 20.0. The van der Waals surface area contributed by atoms with E-state index in [2.05, 4.69) is 11.8 Å². The molecule has 2 aromatic carbocycles. The molecule has 0 spiro atoms. The molecule has 2 aliphatic rings. The number of likely N-dealkylation sites (tertiary alicyclic amines) is 2. The van der Waals surface area contributed by atoms with Gasteiger partial charge < -0.3 is 9.64 Å². The van der Waals surface area contributed by atoms with Crippen molar-refractivity contribution >= 4 is 15.7 Å². The Labute approximate surface area is 195 Å². The molecule has 6 nitrogen and oxygen atoms in total. The summed E-state index contributed by atoms with van der Waals surface area (Å²) in [5, 5.41) is 0. The number of rotatable bonds is 7. The Morgan fingerprint density at radius 2 is 1.82 bits per heavy atom. The van der Waals surface area contributed by atoms with E-state index in [1.807, 2.05) is 4.90 Å². The van der Waals surface area contributed by atoms with Gasteiger partial charge in [0.25, 0.3) is 5.91 Å². The summed E-state index contributed by atoms with van der Waals surface area (Å²) >= 11 is 0. The minimum absolute atomic E-state index is 0.0706. The summed E-state index contributed by atoms with van der Waals surface area (Å²) in [5.41, 5.74) is 0.834. The molecular formula is C25H31FN2O4S. The van der Waals surface area contributed by atoms with Crippen LogP contribution in [0.4, 0.5) is 4.39 Å². The van der Waals surface area contributed by atoms with Crippen LogP contribution in [0.2, 0.25) is 0 Å². The second-order valence-electron chi connectivity index (χ2n) is 9.13. The van der Waals surface area contributed by atoms with Gasteiger partial charge in [-0.25, -0.2) is 12.8 Å². The van der Waals surface area contributed by atoms with E-state index in [-0.39, 0.29) is 29.0 Å². The molecule has 178 valence electrons. The van der Waals surface area contributed by atoms with Gasteiger partial charge in [-0.2, -0.15) is 0 Å². The van der Waals surface area contributed by atoms with Gasteiger partial charge in [-0.1, -0.05) is 12.1 Å². The first kappa shape index (κ1) is 23.7. The van der Waals surface area contributed by atoms with Crippen molar-refractivity contribution in [2.45, 2.75) is 56.2 Å². The molecule has 0 radical (unpaired) electrons. The van der Waals surface area contributed by atoms with Crippen molar-refractivity contribution in [3.05, 3.63) is 59.4 Å². The maximum absolute atomic E-state index is 14.9. The summed E-state index contributed by atoms with van der Waals surface area (Å²) in [6.07, 6.45) is 5.44. The lowest BCUT2D eigenvalue weighted by Gasteiger charge is -2.31. The lowest BCUT2D eigenvalue weighted by Crippen LogP contribution is -2.44. The van der Waals surface area contributed by atoms with Crippen LogP contribution in [0.15, 0.2) is 47.4 Å². The third kappa shape index (κ3) is 5.55. The number of sulfone groups is 1. The second-order valence-corrected chi connectivity index (χ2v) is 11.1. The summed E-state index contributed by atoms with van der Waals surface area (Å²) in [7, 11) is -3.26. The van der Waals surface area contributed by atoms with E-state index in [9.17, 15) is 17.6 Å². The topological polar surface area (TPSA) is 66.9 Å². The molecule has 2 aliphatic heterocycles. The Bertz CT molecular complexity index is 1100. The van der Waals surface area contributed by atoms with E-state index in [1.165, 1.54) is 37.1 Å². The number of hydrogen-bond donors (Lipinski definition) is 0. The Morgan fingerprint density at radius 3 is 2.45 bits per heavy atom. The zero-order valence-electron chi connectivity index (χ0n) is 19.2. The van der Waals surface area contributed by atoms with Gasteiger partial charge in [0.2, 0.25) is 0 Å². The van der Waals surface area contributed by atoms with Gasteiger partial charge in [-0.3, -0.25) is 9.69 Å². The lowest BCUT2D eigenvalue weighted by atomic mass is 10.1. The molecule has 0 saturated carbocycles. The van der Waals surface area contributed by atoms with Crippen LogP contribution < -0.4 is 4.74 Å². The van der Waals surface area contributed by atoms with Crippen LogP contribution in [-0.4, -0.2) is 62.1 Å². The number of nitrogens with zero attached hydrogens (tertiary/aromatic N) is 2. The van der Waals surface area contributed by atoms with E-state index in [4.69, 9.17) is 4.74 Å². The molecule has 2 heterocycles. The molecule has 2 aromatic rings. The first-order valence-corrected chi connectivity index (χ1v) is 13.4. The van der Waals surface area contributed by atoms with E-state index < -0.39 is 15.7 Å². The average Bonchev–Trinajstić information content (AvgIpc) is 3.41. The first-order valence-electron chi connectivity index (χ1n) is 11.5. The molecule has 2 saturated heterocycles. The summed E-state index contributed by atoms with van der Waals surface area (Å²) < 4.78 is 43.6. The van der Waals surface area contributed by atoms with Crippen LogP contribution >= 0.6 is 0 Å². The Kier molecular flexibility index (Phi) is 7.05. The minimum atomic E-state index is -3.26. The minimum Gasteiger partial charge on any atom is -0.489 e. The highest BCUT2D eigenvalue weighted by atomic mass is 32.2. The summed E-state index contributed by atoms with van der Waals surface area (Å²) in [6.45, 7) is 4.98. The van der Waals surface area contributed by atoms with Crippen molar-refractivity contribution in [2.24, 2.45) is 0 Å². The van der Waals surface area contributed by atoms with Crippen LogP contribution in [0.5, 0.6) is 5.75 Å². The maximum Gasteiger partial charge on any atom is 0.257 e. The predicted molar refractivity (Wildman–Crippen MR) is 125 cm³/mol. The SMILES string of the molecule is C[C@H]1CCCN1CC1CCCN1C(=O)c1ccc(OCc2ccc(S(C)(=O)=O)cc2)cc1F. The van der Waals surface area contributed by atoms with Crippen LogP contribution in [0.1, 0.15) is 48.5 Å². The molecule has 0 aliphatic carbocycles. The van der Waals surface area contributed by atoms with Gasteiger partial charge in [0, 0.05) is 37.5 Å². The van der Waals surface area contributed by atoms with E-state index in [0.717, 1.165) is 37.8 Å². The van der Waals surface area contributed by atoms with Crippen molar-refractivity contribution in [1.29, 1.82) is 0 Å². The van der Waals surface area contributed by atoms with Crippen LogP contribution in [0.25, 0.3) is 0 Å². The molecule has 8 heteroatoms. The number of halogens is 1. The Morgan fingerprint density at radius 1 is 1.09 bits per heavy atom. The molecular weight excluding hydrogens is 443 g/mol. The molecule has 33 heavy (non-hydrogen) atoms. The molecule has 0 bridgehead atoms. The maximum atomic E-state index is 14.9. The largest absolute Gasteiger partial charge is 0.489 e. The predicted octanol–water partition coefficient (Wildman–Crippen LogP) is 3.90. The van der Waals surface area contributed by atoms with E-state index in [0.29, 0.717) is 18.3 Å². The van der Waals surface area contributed by atoms with Gasteiger partial charge >= 0.3 is 0 Å². The molecule has 1 unspecified atom stereocenters. The van der Waals surface area contributed by atoms with Gasteiger partial charge in [0.1, 0.15) is 18.2 Å². The monoisotopic (exact) mass is 474 g/mol. The van der Waals surface area contributed by atoms with E-state index in [1.54, 1.807) is 18.2 Å². The zero-order chi connectivity index (χ0) is 23.6. The standard InChI is InChI=1S/C25H31FN2O4S/c1-18-5-3-13-27(18)16-20-6-4-14-28(20)25(29)23-12-9-21(15-24(23)26)32-17-19-7-10-22(11-8-19)33(2,30)31/h7-12,15,18,20H,3-6,13-14,16-17H2,1-2H3/t18-,20?/m0/s1. The third-order valence-electron chi connectivity index (χ3n) is 6.70. The van der Waals surface area contributed by atoms with Crippen LogP contribution in [0.3, 0.4) is 0 Å². The van der Waals surface area contributed by atoms with Gasteiger partial charge in [-0.05, 0) is 69.0 Å². The highest BCUT2D eigenvalue weighted by molar-refractivity contribution is 7.90. The molecule has 2 fully saturated rings. The summed E-state index contributed by atoms with van der Waals surface area (Å²) in [5.74, 6) is -0.532.